The molecular weight excluding hydrogens is 518 g/mol. The molecule has 0 aliphatic rings. The summed E-state index contributed by atoms with van der Waals surface area (Å²) in [5, 5.41) is 4.62. The van der Waals surface area contributed by atoms with Gasteiger partial charge in [-0.2, -0.15) is 0 Å². The van der Waals surface area contributed by atoms with Crippen LogP contribution in [-0.4, -0.2) is 0 Å². The van der Waals surface area contributed by atoms with Crippen molar-refractivity contribution in [2.45, 2.75) is 0 Å². The number of fused-ring (bicyclic) bond motifs is 4. The van der Waals surface area contributed by atoms with Crippen LogP contribution in [0.2, 0.25) is 0 Å². The number of para-hydroxylation sites is 2. The number of hydrogen-bond donors (Lipinski definition) is 0. The maximum atomic E-state index is 6.20. The van der Waals surface area contributed by atoms with E-state index in [1.165, 1.54) is 21.9 Å². The van der Waals surface area contributed by atoms with E-state index in [0.29, 0.717) is 0 Å². The number of nitrogens with zero attached hydrogens (tertiary/aromatic N) is 1. The number of rotatable bonds is 4. The second-order valence-electron chi connectivity index (χ2n) is 9.12. The van der Waals surface area contributed by atoms with E-state index in [1.54, 1.807) is 0 Å². The smallest absolute Gasteiger partial charge is 0.149 e. The van der Waals surface area contributed by atoms with Crippen LogP contribution >= 0.6 is 15.9 Å². The lowest BCUT2D eigenvalue weighted by Gasteiger charge is -2.27. The van der Waals surface area contributed by atoms with Gasteiger partial charge in [0.1, 0.15) is 11.2 Å². The fraction of sp³-hybridized carbons (Fsp3) is 0. The summed E-state index contributed by atoms with van der Waals surface area (Å²) in [5.74, 6) is 0. The fourth-order valence-corrected chi connectivity index (χ4v) is 5.78. The summed E-state index contributed by atoms with van der Waals surface area (Å²) in [6.07, 6.45) is 0. The third kappa shape index (κ3) is 3.71. The van der Waals surface area contributed by atoms with Crippen molar-refractivity contribution in [1.82, 2.24) is 0 Å². The number of benzene rings is 6. The van der Waals surface area contributed by atoms with Crippen LogP contribution in [-0.2, 0) is 0 Å². The Hall–Kier alpha value is -4.34. The molecule has 0 saturated carbocycles. The topological polar surface area (TPSA) is 16.4 Å². The molecule has 1 aromatic heterocycles. The average Bonchev–Trinajstić information content (AvgIpc) is 3.34. The van der Waals surface area contributed by atoms with Crippen molar-refractivity contribution >= 4 is 65.7 Å². The van der Waals surface area contributed by atoms with Crippen molar-refractivity contribution in [2.75, 3.05) is 4.90 Å². The Balaban J connectivity index is 1.51. The summed E-state index contributed by atoms with van der Waals surface area (Å²) in [7, 11) is 0. The fourth-order valence-electron chi connectivity index (χ4n) is 5.25. The van der Waals surface area contributed by atoms with E-state index in [0.717, 1.165) is 43.5 Å². The van der Waals surface area contributed by atoms with Crippen molar-refractivity contribution in [3.05, 3.63) is 138 Å². The third-order valence-corrected chi connectivity index (χ3v) is 7.51. The van der Waals surface area contributed by atoms with E-state index in [1.807, 2.05) is 12.1 Å². The zero-order chi connectivity index (χ0) is 24.8. The van der Waals surface area contributed by atoms with Crippen molar-refractivity contribution < 1.29 is 4.42 Å². The molecule has 1 heterocycles. The SMILES string of the molecule is Brc1cc(N(c2ccccc2)c2ccc(-c3ccccc3)c3ccccc23)cc2c1oc1ccccc12. The number of hydrogen-bond acceptors (Lipinski definition) is 2. The highest BCUT2D eigenvalue weighted by molar-refractivity contribution is 9.10. The van der Waals surface area contributed by atoms with E-state index in [-0.39, 0.29) is 0 Å². The predicted octanol–water partition coefficient (Wildman–Crippen LogP) is 10.6. The second kappa shape index (κ2) is 8.95. The second-order valence-corrected chi connectivity index (χ2v) is 9.97. The predicted molar refractivity (Wildman–Crippen MR) is 159 cm³/mol. The Kier molecular flexibility index (Phi) is 5.30. The average molecular weight is 540 g/mol. The lowest BCUT2D eigenvalue weighted by atomic mass is 9.96. The summed E-state index contributed by atoms with van der Waals surface area (Å²) in [6, 6.07) is 46.9. The first-order chi connectivity index (χ1) is 18.3. The molecule has 0 unspecified atom stereocenters. The Bertz CT molecular complexity index is 1890. The Labute approximate surface area is 223 Å². The number of furan rings is 1. The van der Waals surface area contributed by atoms with Crippen LogP contribution in [0, 0.1) is 0 Å². The molecule has 0 spiro atoms. The van der Waals surface area contributed by atoms with Crippen LogP contribution in [0.4, 0.5) is 17.1 Å². The molecule has 0 amide bonds. The maximum absolute atomic E-state index is 6.20. The van der Waals surface area contributed by atoms with Gasteiger partial charge in [0, 0.05) is 27.5 Å². The van der Waals surface area contributed by atoms with E-state index in [4.69, 9.17) is 4.42 Å². The first-order valence-corrected chi connectivity index (χ1v) is 13.1. The molecule has 7 rings (SSSR count). The molecule has 3 heteroatoms. The first kappa shape index (κ1) is 21.9. The first-order valence-electron chi connectivity index (χ1n) is 12.3. The molecule has 2 nitrogen and oxygen atoms in total. The molecule has 0 saturated heterocycles. The molecular formula is C34H22BrNO. The van der Waals surface area contributed by atoms with Gasteiger partial charge in [0.05, 0.1) is 10.2 Å². The maximum Gasteiger partial charge on any atom is 0.149 e. The Morgan fingerprint density at radius 3 is 1.95 bits per heavy atom. The number of anilines is 3. The van der Waals surface area contributed by atoms with Gasteiger partial charge < -0.3 is 9.32 Å². The van der Waals surface area contributed by atoms with Crippen LogP contribution < -0.4 is 4.90 Å². The Morgan fingerprint density at radius 1 is 0.514 bits per heavy atom. The molecule has 37 heavy (non-hydrogen) atoms. The molecule has 0 fully saturated rings. The third-order valence-electron chi connectivity index (χ3n) is 6.92. The standard InChI is InChI=1S/C34H22BrNO/c35-31-22-25(21-30-29-17-9-10-18-33(29)37-34(30)31)36(24-13-5-2-6-14-24)32-20-19-26(23-11-3-1-4-12-23)27-15-7-8-16-28(27)32/h1-22H. The quantitative estimate of drug-likeness (QED) is 0.221. The van der Waals surface area contributed by atoms with E-state index < -0.39 is 0 Å². The van der Waals surface area contributed by atoms with Gasteiger partial charge in [-0.1, -0.05) is 97.1 Å². The summed E-state index contributed by atoms with van der Waals surface area (Å²) in [5.41, 5.74) is 7.48. The highest BCUT2D eigenvalue weighted by Gasteiger charge is 2.20. The molecule has 0 atom stereocenters. The van der Waals surface area contributed by atoms with Crippen molar-refractivity contribution in [3.63, 3.8) is 0 Å². The Morgan fingerprint density at radius 2 is 1.16 bits per heavy atom. The van der Waals surface area contributed by atoms with Gasteiger partial charge in [-0.15, -0.1) is 0 Å². The van der Waals surface area contributed by atoms with Crippen LogP contribution in [0.3, 0.4) is 0 Å². The highest BCUT2D eigenvalue weighted by Crippen LogP contribution is 2.45. The minimum atomic E-state index is 0.863. The van der Waals surface area contributed by atoms with E-state index >= 15 is 0 Å². The monoisotopic (exact) mass is 539 g/mol. The van der Waals surface area contributed by atoms with Gasteiger partial charge in [-0.25, -0.2) is 0 Å². The van der Waals surface area contributed by atoms with Gasteiger partial charge in [0.25, 0.3) is 0 Å². The van der Waals surface area contributed by atoms with Crippen molar-refractivity contribution in [3.8, 4) is 11.1 Å². The lowest BCUT2D eigenvalue weighted by molar-refractivity contribution is 0.667. The minimum Gasteiger partial charge on any atom is -0.455 e. The molecule has 176 valence electrons. The molecule has 6 aromatic carbocycles. The molecule has 0 aliphatic carbocycles. The zero-order valence-corrected chi connectivity index (χ0v) is 21.5. The van der Waals surface area contributed by atoms with Crippen LogP contribution in [0.5, 0.6) is 0 Å². The van der Waals surface area contributed by atoms with E-state index in [2.05, 4.69) is 142 Å². The molecule has 7 aromatic rings. The molecule has 0 N–H and O–H groups in total. The summed E-state index contributed by atoms with van der Waals surface area (Å²) >= 11 is 3.81. The summed E-state index contributed by atoms with van der Waals surface area (Å²) < 4.78 is 7.13. The van der Waals surface area contributed by atoms with Gasteiger partial charge in [-0.3, -0.25) is 0 Å². The van der Waals surface area contributed by atoms with E-state index in [9.17, 15) is 0 Å². The van der Waals surface area contributed by atoms with Crippen LogP contribution in [0.15, 0.2) is 142 Å². The van der Waals surface area contributed by atoms with Crippen LogP contribution in [0.1, 0.15) is 0 Å². The van der Waals surface area contributed by atoms with Gasteiger partial charge in [-0.05, 0) is 68.8 Å². The largest absolute Gasteiger partial charge is 0.455 e. The summed E-state index contributed by atoms with van der Waals surface area (Å²) in [4.78, 5) is 2.34. The van der Waals surface area contributed by atoms with Crippen LogP contribution in [0.25, 0.3) is 43.8 Å². The minimum absolute atomic E-state index is 0.863. The van der Waals surface area contributed by atoms with Crippen molar-refractivity contribution in [2.24, 2.45) is 0 Å². The van der Waals surface area contributed by atoms with Gasteiger partial charge in [0.2, 0.25) is 0 Å². The molecule has 0 aliphatic heterocycles. The van der Waals surface area contributed by atoms with Gasteiger partial charge in [0.15, 0.2) is 0 Å². The lowest BCUT2D eigenvalue weighted by Crippen LogP contribution is -2.10. The zero-order valence-electron chi connectivity index (χ0n) is 19.9. The van der Waals surface area contributed by atoms with Gasteiger partial charge >= 0.3 is 0 Å². The highest BCUT2D eigenvalue weighted by atomic mass is 79.9. The molecule has 0 bridgehead atoms. The van der Waals surface area contributed by atoms with Crippen molar-refractivity contribution in [1.29, 1.82) is 0 Å². The summed E-state index contributed by atoms with van der Waals surface area (Å²) in [6.45, 7) is 0. The normalized spacial score (nSPS) is 11.4. The number of halogens is 1. The molecule has 0 radical (unpaired) electrons.